The first kappa shape index (κ1) is 39.9. The van der Waals surface area contributed by atoms with Crippen LogP contribution in [0.3, 0.4) is 0 Å². The number of phenols is 3. The number of hydrogen-bond donors (Lipinski definition) is 13. The molecule has 3 fully saturated rings. The lowest BCUT2D eigenvalue weighted by Gasteiger charge is -2.48. The summed E-state index contributed by atoms with van der Waals surface area (Å²) in [5.74, 6) is -2.45. The molecule has 3 saturated heterocycles. The quantitative estimate of drug-likeness (QED) is 0.0922. The first-order chi connectivity index (χ1) is 25.7. The number of aliphatic hydroxyl groups is 10. The van der Waals surface area contributed by atoms with Crippen LogP contribution >= 0.6 is 0 Å². The highest BCUT2D eigenvalue weighted by Gasteiger charge is 2.54. The van der Waals surface area contributed by atoms with Crippen molar-refractivity contribution in [3.63, 3.8) is 0 Å². The van der Waals surface area contributed by atoms with E-state index in [0.29, 0.717) is 0 Å². The average molecular weight is 773 g/mol. The van der Waals surface area contributed by atoms with E-state index in [1.54, 1.807) is 0 Å². The molecule has 0 spiro atoms. The lowest BCUT2D eigenvalue weighted by Crippen LogP contribution is -2.67. The number of aliphatic hydroxyl groups excluding tert-OH is 10. The van der Waals surface area contributed by atoms with Gasteiger partial charge in [-0.2, -0.15) is 0 Å². The van der Waals surface area contributed by atoms with Crippen molar-refractivity contribution in [1.82, 2.24) is 0 Å². The van der Waals surface area contributed by atoms with Crippen LogP contribution < -0.4 is 10.2 Å². The van der Waals surface area contributed by atoms with Gasteiger partial charge < -0.3 is 99.2 Å². The van der Waals surface area contributed by atoms with E-state index in [0.717, 1.165) is 12.1 Å². The van der Waals surface area contributed by atoms with Crippen molar-refractivity contribution in [2.75, 3.05) is 19.8 Å². The van der Waals surface area contributed by atoms with E-state index in [2.05, 4.69) is 0 Å². The second-order valence-corrected chi connectivity index (χ2v) is 12.9. The van der Waals surface area contributed by atoms with Crippen LogP contribution in [0.1, 0.15) is 0 Å². The van der Waals surface area contributed by atoms with Gasteiger partial charge in [0.25, 0.3) is 0 Å². The molecule has 298 valence electrons. The Hall–Kier alpha value is -3.75. The fraction of sp³-hybridized carbons (Fsp3) is 0.545. The number of fused-ring (bicyclic) bond motifs is 1. The Balaban J connectivity index is 1.40. The number of ether oxygens (including phenoxy) is 6. The fourth-order valence-electron chi connectivity index (χ4n) is 6.39. The number of phenolic OH excluding ortho intramolecular Hbond substituents is 3. The van der Waals surface area contributed by atoms with Crippen molar-refractivity contribution in [3.05, 3.63) is 46.6 Å². The molecule has 6 rings (SSSR count). The average Bonchev–Trinajstić information content (AvgIpc) is 3.14. The van der Waals surface area contributed by atoms with Crippen molar-refractivity contribution < 1.29 is 99.2 Å². The molecule has 0 saturated carbocycles. The highest BCUT2D eigenvalue weighted by molar-refractivity contribution is 5.88. The molecule has 0 bridgehead atoms. The van der Waals surface area contributed by atoms with Crippen LogP contribution in [-0.4, -0.2) is 178 Å². The summed E-state index contributed by atoms with van der Waals surface area (Å²) in [6.45, 7) is -2.69. The molecule has 3 aliphatic heterocycles. The van der Waals surface area contributed by atoms with E-state index in [-0.39, 0.29) is 22.7 Å². The van der Waals surface area contributed by atoms with Gasteiger partial charge in [-0.25, -0.2) is 0 Å². The summed E-state index contributed by atoms with van der Waals surface area (Å²) in [6, 6.07) is 6.99. The first-order valence-electron chi connectivity index (χ1n) is 16.5. The minimum Gasteiger partial charge on any atom is -0.508 e. The Kier molecular flexibility index (Phi) is 11.9. The number of rotatable bonds is 10. The normalized spacial score (nSPS) is 37.3. The summed E-state index contributed by atoms with van der Waals surface area (Å²) in [5, 5.41) is 135. The summed E-state index contributed by atoms with van der Waals surface area (Å²) in [4.78, 5) is 14.0. The van der Waals surface area contributed by atoms with Crippen LogP contribution in [-0.2, 0) is 23.7 Å². The van der Waals surface area contributed by atoms with E-state index in [1.807, 2.05) is 0 Å². The van der Waals surface area contributed by atoms with Gasteiger partial charge in [0, 0.05) is 17.7 Å². The molecule has 0 aliphatic carbocycles. The monoisotopic (exact) mass is 772 g/mol. The summed E-state index contributed by atoms with van der Waals surface area (Å²) in [7, 11) is 0. The SMILES string of the molecule is O=c1c(O[C@H]2O[C@H](CO)[C@@H](O)[C@H](O)[C@H]2O[C@H]2O[C@H](CO)[C@@H](O)[C@H](O)[C@H]2O[C@H]2O[C@H](CO)[C@@H](O)[C@H](O)[C@H]2O)c(-c2ccc(O)cc2)oc2cc(O)cc(O)c12. The van der Waals surface area contributed by atoms with Gasteiger partial charge in [0.15, 0.2) is 24.4 Å². The Morgan fingerprint density at radius 1 is 0.574 bits per heavy atom. The van der Waals surface area contributed by atoms with Gasteiger partial charge in [0.2, 0.25) is 17.5 Å². The minimum atomic E-state index is -2.08. The summed E-state index contributed by atoms with van der Waals surface area (Å²) < 4.78 is 40.2. The summed E-state index contributed by atoms with van der Waals surface area (Å²) in [6.07, 6.45) is -28.3. The highest BCUT2D eigenvalue weighted by atomic mass is 16.8. The highest BCUT2D eigenvalue weighted by Crippen LogP contribution is 2.39. The van der Waals surface area contributed by atoms with E-state index in [9.17, 15) is 71.2 Å². The van der Waals surface area contributed by atoms with Gasteiger partial charge in [0.1, 0.15) is 95.4 Å². The van der Waals surface area contributed by atoms with Gasteiger partial charge in [-0.05, 0) is 24.3 Å². The topological polar surface area (TPSA) is 349 Å². The maximum Gasteiger partial charge on any atom is 0.239 e. The predicted octanol–water partition coefficient (Wildman–Crippen LogP) is -4.60. The summed E-state index contributed by atoms with van der Waals surface area (Å²) in [5.41, 5.74) is -1.26. The van der Waals surface area contributed by atoms with E-state index in [4.69, 9.17) is 32.8 Å². The molecule has 0 radical (unpaired) electrons. The zero-order valence-electron chi connectivity index (χ0n) is 27.8. The van der Waals surface area contributed by atoms with E-state index < -0.39 is 140 Å². The molecule has 0 amide bonds. The lowest BCUT2D eigenvalue weighted by molar-refractivity contribution is -0.389. The predicted molar refractivity (Wildman–Crippen MR) is 173 cm³/mol. The second kappa shape index (κ2) is 16.2. The van der Waals surface area contributed by atoms with Crippen molar-refractivity contribution in [3.8, 4) is 34.3 Å². The van der Waals surface area contributed by atoms with Crippen LogP contribution in [0.5, 0.6) is 23.0 Å². The Bertz CT molecular complexity index is 1800. The second-order valence-electron chi connectivity index (χ2n) is 12.9. The van der Waals surface area contributed by atoms with Gasteiger partial charge in [0.05, 0.1) is 19.8 Å². The standard InChI is InChI=1S/C33H40O21/c34-7-15-19(40)23(44)26(47)31(49-15)53-29-24(45)20(41)17(9-36)51-33(29)54-30-25(46)21(42)16(8-35)50-32(30)52-28-22(43)18-13(39)5-12(38)6-14(18)48-27(28)10-1-3-11(37)4-2-10/h1-6,15-17,19-21,23-26,29-42,44-47H,7-9H2/t15-,16-,17-,19-,20-,21-,23+,24+,25+,26-,29-,30-,31-,32-,33-/m1/s1. The van der Waals surface area contributed by atoms with Crippen molar-refractivity contribution >= 4 is 11.0 Å². The number of hydrogen-bond acceptors (Lipinski definition) is 21. The lowest BCUT2D eigenvalue weighted by atomic mass is 9.96. The molecule has 2 aromatic carbocycles. The number of benzene rings is 2. The molecule has 4 heterocycles. The molecule has 0 unspecified atom stereocenters. The fourth-order valence-corrected chi connectivity index (χ4v) is 6.39. The van der Waals surface area contributed by atoms with Crippen LogP contribution in [0.2, 0.25) is 0 Å². The molecule has 13 N–H and O–H groups in total. The third-order valence-corrected chi connectivity index (χ3v) is 9.36. The molecule has 15 atom stereocenters. The molecule has 54 heavy (non-hydrogen) atoms. The van der Waals surface area contributed by atoms with E-state index in [1.165, 1.54) is 24.3 Å². The van der Waals surface area contributed by atoms with Crippen molar-refractivity contribution in [1.29, 1.82) is 0 Å². The van der Waals surface area contributed by atoms with Crippen LogP contribution in [0.15, 0.2) is 45.6 Å². The molecular formula is C33H40O21. The van der Waals surface area contributed by atoms with Gasteiger partial charge in [-0.15, -0.1) is 0 Å². The summed E-state index contributed by atoms with van der Waals surface area (Å²) >= 11 is 0. The Morgan fingerprint density at radius 3 is 1.65 bits per heavy atom. The first-order valence-corrected chi connectivity index (χ1v) is 16.5. The van der Waals surface area contributed by atoms with E-state index >= 15 is 0 Å². The zero-order chi connectivity index (χ0) is 39.2. The smallest absolute Gasteiger partial charge is 0.239 e. The molecule has 21 nitrogen and oxygen atoms in total. The largest absolute Gasteiger partial charge is 0.508 e. The zero-order valence-corrected chi connectivity index (χ0v) is 27.8. The molecule has 21 heteroatoms. The third-order valence-electron chi connectivity index (χ3n) is 9.36. The molecule has 3 aliphatic rings. The Labute approximate surface area is 303 Å². The molecular weight excluding hydrogens is 732 g/mol. The van der Waals surface area contributed by atoms with Crippen LogP contribution in [0, 0.1) is 0 Å². The number of aromatic hydroxyl groups is 3. The molecule has 3 aromatic rings. The van der Waals surface area contributed by atoms with Crippen LogP contribution in [0.25, 0.3) is 22.3 Å². The Morgan fingerprint density at radius 2 is 1.07 bits per heavy atom. The maximum absolute atomic E-state index is 14.0. The molecule has 1 aromatic heterocycles. The van der Waals surface area contributed by atoms with Crippen LogP contribution in [0.4, 0.5) is 0 Å². The van der Waals surface area contributed by atoms with Gasteiger partial charge in [-0.1, -0.05) is 0 Å². The van der Waals surface area contributed by atoms with Gasteiger partial charge in [-0.3, -0.25) is 4.79 Å². The minimum absolute atomic E-state index is 0.101. The third kappa shape index (κ3) is 7.45. The van der Waals surface area contributed by atoms with Crippen molar-refractivity contribution in [2.45, 2.75) is 92.1 Å². The van der Waals surface area contributed by atoms with Gasteiger partial charge >= 0.3 is 0 Å². The van der Waals surface area contributed by atoms with Crippen molar-refractivity contribution in [2.24, 2.45) is 0 Å². The maximum atomic E-state index is 14.0.